The number of carboxylic acid groups (broad SMARTS) is 1. The molecule has 1 aliphatic rings. The average Bonchev–Trinajstić information content (AvgIpc) is 3.66. The molecule has 0 heterocycles. The molecule has 0 aliphatic heterocycles. The van der Waals surface area contributed by atoms with Crippen LogP contribution in [0.3, 0.4) is 0 Å². The molecule has 2 unspecified atom stereocenters. The number of aliphatic hydroxyl groups excluding tert-OH is 3. The molecular formula is C58H105N15O16. The zero-order valence-electron chi connectivity index (χ0n) is 53.7. The maximum Gasteiger partial charge on any atom is 0.328 e. The molecule has 89 heavy (non-hydrogen) atoms. The summed E-state index contributed by atoms with van der Waals surface area (Å²) in [5, 5.41) is 64.3. The molecule has 31 heteroatoms. The van der Waals surface area contributed by atoms with E-state index in [1.165, 1.54) is 0 Å². The number of carbonyl (C=O) groups excluding carboxylic acids is 11. The van der Waals surface area contributed by atoms with Gasteiger partial charge in [0, 0.05) is 6.54 Å². The minimum atomic E-state index is -2.42. The summed E-state index contributed by atoms with van der Waals surface area (Å²) >= 11 is 0. The standard InChI is InChI=1S/C58H105N15O16/c1-12-32(10)43(55(86)73-44(33(11)75)54(85)64-26-42(76)71-45(46(77)47(60)78)56(87)70-41(27-74)57(88)89)72-49(80)36(19-16-20-63-58(61)62)65-50(81)38(23-30(6)7)67-52(83)39(24-31(8)9)68-53(84)40(25-34-17-14-13-15-18-34)69-51(82)37(22-29(4)5)66-48(79)35(59)21-28(2)3/h28-41,43-46,74-75,77H,12-27,59H2,1-11H3,(H2,60,78)(H,64,85)(H,65,81)(H,66,79)(H,67,83)(H,68,84)(H,69,82)(H,70,87)(H,71,76)(H,72,80)(H,73,86)(H,88,89)(H4,61,62,63)/t32-,33-,35+,36+,37-,38-,39-,40?,41-,43?,44-,45-,46-/m0/s1. The molecule has 0 aromatic carbocycles. The maximum absolute atomic E-state index is 14.6. The van der Waals surface area contributed by atoms with Gasteiger partial charge in [0.1, 0.15) is 54.4 Å². The van der Waals surface area contributed by atoms with Crippen molar-refractivity contribution in [1.82, 2.24) is 53.2 Å². The van der Waals surface area contributed by atoms with Crippen LogP contribution >= 0.6 is 0 Å². The van der Waals surface area contributed by atoms with E-state index in [0.29, 0.717) is 6.42 Å². The number of aliphatic carboxylic acids is 1. The highest BCUT2D eigenvalue weighted by atomic mass is 16.4. The van der Waals surface area contributed by atoms with Gasteiger partial charge in [-0.2, -0.15) is 0 Å². The predicted molar refractivity (Wildman–Crippen MR) is 328 cm³/mol. The lowest BCUT2D eigenvalue weighted by molar-refractivity contribution is -0.145. The number of amides is 11. The molecule has 1 fully saturated rings. The van der Waals surface area contributed by atoms with E-state index < -0.39 is 163 Å². The molecule has 0 radical (unpaired) electrons. The number of nitrogens with one attached hydrogen (secondary N) is 10. The Bertz CT molecular complexity index is 2380. The Morgan fingerprint density at radius 3 is 1.37 bits per heavy atom. The van der Waals surface area contributed by atoms with Gasteiger partial charge >= 0.3 is 5.97 Å². The fourth-order valence-electron chi connectivity index (χ4n) is 9.86. The van der Waals surface area contributed by atoms with Crippen molar-refractivity contribution in [3.05, 3.63) is 0 Å². The van der Waals surface area contributed by atoms with E-state index in [-0.39, 0.29) is 87.0 Å². The molecule has 0 aromatic heterocycles. The Kier molecular flexibility index (Phi) is 36.2. The second-order valence-electron chi connectivity index (χ2n) is 24.9. The van der Waals surface area contributed by atoms with Crippen molar-refractivity contribution in [2.24, 2.45) is 63.4 Å². The number of nitrogens with two attached hydrogens (primary N) is 4. The first-order valence-corrected chi connectivity index (χ1v) is 30.8. The second kappa shape index (κ2) is 40.4. The fraction of sp³-hybridized carbons (Fsp3) is 0.776. The zero-order valence-corrected chi connectivity index (χ0v) is 53.7. The minimum absolute atomic E-state index is 0.000635. The summed E-state index contributed by atoms with van der Waals surface area (Å²) < 4.78 is 0. The normalized spacial score (nSPS) is 17.0. The SMILES string of the molecule is CC[C@H](C)C(NC(=O)[C@@H](CCCN=C(N)N)NC(=O)[C@H](CC(C)C)NC(=O)[C@H](CC(C)C)NC(=O)C(CC1CCCCC1)NC(=O)[C@H](CC(C)C)NC(=O)[C@H](N)CC(C)C)C(=O)N[C@H](C(=O)NCC(=O)N[C@H](C(=O)N[C@@H](CO)C(=O)O)[C@H](O)C(N)=O)[C@H](C)O. The summed E-state index contributed by atoms with van der Waals surface area (Å²) in [5.74, 6) is -13.5. The quantitative estimate of drug-likeness (QED) is 0.0159. The van der Waals surface area contributed by atoms with Crippen LogP contribution in [-0.2, 0) is 57.5 Å². The van der Waals surface area contributed by atoms with Crippen molar-refractivity contribution in [1.29, 1.82) is 0 Å². The Balaban J connectivity index is 3.58. The number of hydrogen-bond acceptors (Lipinski definition) is 17. The summed E-state index contributed by atoms with van der Waals surface area (Å²) in [6.45, 7) is 17.2. The molecule has 508 valence electrons. The van der Waals surface area contributed by atoms with E-state index in [9.17, 15) is 78.0 Å². The number of carbonyl (C=O) groups is 12. The van der Waals surface area contributed by atoms with Crippen LogP contribution in [0, 0.1) is 35.5 Å². The topological polar surface area (TPSA) is 522 Å². The molecule has 0 saturated heterocycles. The second-order valence-corrected chi connectivity index (χ2v) is 24.9. The number of aliphatic hydroxyl groups is 3. The molecule has 1 aliphatic carbocycles. The molecule has 31 nitrogen and oxygen atoms in total. The number of guanidine groups is 1. The third-order valence-electron chi connectivity index (χ3n) is 14.9. The van der Waals surface area contributed by atoms with E-state index >= 15 is 0 Å². The van der Waals surface area contributed by atoms with E-state index in [1.807, 2.05) is 52.2 Å². The van der Waals surface area contributed by atoms with Gasteiger partial charge in [0.2, 0.25) is 65.0 Å². The van der Waals surface area contributed by atoms with Gasteiger partial charge in [-0.1, -0.05) is 108 Å². The van der Waals surface area contributed by atoms with Crippen LogP contribution < -0.4 is 76.1 Å². The van der Waals surface area contributed by atoms with Crippen molar-refractivity contribution in [2.45, 2.75) is 232 Å². The molecular weight excluding hydrogens is 1160 g/mol. The number of primary amides is 1. The van der Waals surface area contributed by atoms with Crippen molar-refractivity contribution < 1.29 is 78.0 Å². The largest absolute Gasteiger partial charge is 0.480 e. The lowest BCUT2D eigenvalue weighted by atomic mass is 9.84. The first-order chi connectivity index (χ1) is 41.5. The van der Waals surface area contributed by atoms with Crippen molar-refractivity contribution in [2.75, 3.05) is 19.7 Å². The van der Waals surface area contributed by atoms with Crippen molar-refractivity contribution in [3.63, 3.8) is 0 Å². The van der Waals surface area contributed by atoms with E-state index in [4.69, 9.17) is 22.9 Å². The van der Waals surface area contributed by atoms with Gasteiger partial charge in [0.25, 0.3) is 0 Å². The molecule has 11 amide bonds. The van der Waals surface area contributed by atoms with Gasteiger partial charge in [-0.05, 0) is 87.4 Å². The molecule has 0 spiro atoms. The van der Waals surface area contributed by atoms with Crippen LogP contribution in [0.5, 0.6) is 0 Å². The third-order valence-corrected chi connectivity index (χ3v) is 14.9. The van der Waals surface area contributed by atoms with Crippen LogP contribution in [0.4, 0.5) is 0 Å². The van der Waals surface area contributed by atoms with E-state index in [1.54, 1.807) is 27.7 Å². The number of carboxylic acids is 1. The lowest BCUT2D eigenvalue weighted by Gasteiger charge is -2.31. The first kappa shape index (κ1) is 79.8. The number of nitrogens with zero attached hydrogens (tertiary/aromatic N) is 1. The highest BCUT2D eigenvalue weighted by Crippen LogP contribution is 2.28. The summed E-state index contributed by atoms with van der Waals surface area (Å²) in [7, 11) is 0. The van der Waals surface area contributed by atoms with Crippen molar-refractivity contribution in [3.8, 4) is 0 Å². The van der Waals surface area contributed by atoms with Gasteiger partial charge in [0.15, 0.2) is 12.1 Å². The summed E-state index contributed by atoms with van der Waals surface area (Å²) in [6.07, 6.45) is 1.74. The summed E-state index contributed by atoms with van der Waals surface area (Å²) in [6, 6.07) is -14.4. The monoisotopic (exact) mass is 1270 g/mol. The van der Waals surface area contributed by atoms with Crippen LogP contribution in [0.25, 0.3) is 0 Å². The molecule has 1 saturated carbocycles. The van der Waals surface area contributed by atoms with Crippen LogP contribution in [-0.4, -0.2) is 190 Å². The summed E-state index contributed by atoms with van der Waals surface area (Å²) in [5.41, 5.74) is 22.4. The van der Waals surface area contributed by atoms with Crippen molar-refractivity contribution >= 4 is 76.9 Å². The fourth-order valence-corrected chi connectivity index (χ4v) is 9.86. The molecule has 13 atom stereocenters. The zero-order chi connectivity index (χ0) is 68.0. The van der Waals surface area contributed by atoms with Crippen LogP contribution in [0.2, 0.25) is 0 Å². The summed E-state index contributed by atoms with van der Waals surface area (Å²) in [4.78, 5) is 166. The lowest BCUT2D eigenvalue weighted by Crippen LogP contribution is -2.62. The average molecular weight is 1270 g/mol. The molecule has 22 N–H and O–H groups in total. The minimum Gasteiger partial charge on any atom is -0.480 e. The number of hydrogen-bond donors (Lipinski definition) is 18. The predicted octanol–water partition coefficient (Wildman–Crippen LogP) is -3.65. The highest BCUT2D eigenvalue weighted by Gasteiger charge is 2.39. The Hall–Kier alpha value is -7.25. The van der Waals surface area contributed by atoms with Crippen LogP contribution in [0.15, 0.2) is 4.99 Å². The Morgan fingerprint density at radius 2 is 0.933 bits per heavy atom. The Morgan fingerprint density at radius 1 is 0.506 bits per heavy atom. The Labute approximate surface area is 521 Å². The van der Waals surface area contributed by atoms with Gasteiger partial charge in [-0.15, -0.1) is 0 Å². The van der Waals surface area contributed by atoms with Gasteiger partial charge in [-0.25, -0.2) is 4.79 Å². The number of aliphatic imine (C=N–C) groups is 1. The van der Waals surface area contributed by atoms with Gasteiger partial charge in [-0.3, -0.25) is 57.7 Å². The molecule has 0 bridgehead atoms. The number of rotatable bonds is 41. The molecule has 1 rings (SSSR count). The van der Waals surface area contributed by atoms with E-state index in [0.717, 1.165) is 39.0 Å². The smallest absolute Gasteiger partial charge is 0.328 e. The maximum atomic E-state index is 14.6. The van der Waals surface area contributed by atoms with Gasteiger partial charge < -0.3 is 96.5 Å². The van der Waals surface area contributed by atoms with E-state index in [2.05, 4.69) is 47.5 Å². The first-order valence-electron chi connectivity index (χ1n) is 30.8. The third kappa shape index (κ3) is 30.2. The molecule has 0 aromatic rings. The van der Waals surface area contributed by atoms with Crippen LogP contribution in [0.1, 0.15) is 160 Å². The highest BCUT2D eigenvalue weighted by molar-refractivity contribution is 5.99. The van der Waals surface area contributed by atoms with Gasteiger partial charge in [0.05, 0.1) is 25.3 Å².